The van der Waals surface area contributed by atoms with Gasteiger partial charge in [-0.15, -0.1) is 0 Å². The molecule has 7 nitrogen and oxygen atoms in total. The van der Waals surface area contributed by atoms with Crippen molar-refractivity contribution in [3.05, 3.63) is 0 Å². The van der Waals surface area contributed by atoms with Crippen LogP contribution in [0, 0.1) is 0 Å². The third-order valence-corrected chi connectivity index (χ3v) is 5.82. The number of unbranched alkanes of at least 4 members (excludes halogenated alkanes) is 15. The zero-order valence-electron chi connectivity index (χ0n) is 19.3. The summed E-state index contributed by atoms with van der Waals surface area (Å²) in [5.74, 6) is 0. The first-order chi connectivity index (χ1) is 12.8. The predicted molar refractivity (Wildman–Crippen MR) is 109 cm³/mol. The van der Waals surface area contributed by atoms with Crippen LogP contribution < -0.4 is 57.0 Å². The first-order valence-electron chi connectivity index (χ1n) is 10.9. The summed E-state index contributed by atoms with van der Waals surface area (Å²) in [6, 6.07) is 0. The summed E-state index contributed by atoms with van der Waals surface area (Å²) < 4.78 is 9.74. The third kappa shape index (κ3) is 22.3. The average Bonchev–Trinajstić information content (AvgIpc) is 2.60. The number of quaternary nitrogens is 1. The van der Waals surface area contributed by atoms with Crippen LogP contribution >= 0.6 is 7.60 Å². The number of nitrogens with zero attached hydrogens (tertiary/aromatic N) is 1. The maximum Gasteiger partial charge on any atom is 1.00 e. The van der Waals surface area contributed by atoms with Crippen molar-refractivity contribution in [2.45, 2.75) is 110 Å². The largest absolute Gasteiger partial charge is 1.00 e. The van der Waals surface area contributed by atoms with Crippen molar-refractivity contribution in [2.24, 2.45) is 0 Å². The Balaban J connectivity index is -0.00000338. The van der Waals surface area contributed by atoms with E-state index in [1.807, 2.05) is 0 Å². The maximum absolute atomic E-state index is 10.9. The minimum absolute atomic E-state index is 0. The molecule has 0 rings (SSSR count). The van der Waals surface area contributed by atoms with Crippen molar-refractivity contribution in [3.8, 4) is 0 Å². The minimum Gasteiger partial charge on any atom is -1.00 e. The molecule has 0 radical (unpaired) electrons. The fourth-order valence-electron chi connectivity index (χ4n) is 3.38. The van der Waals surface area contributed by atoms with Crippen molar-refractivity contribution < 1.29 is 82.3 Å². The number of nitrogens with one attached hydrogen (secondary N) is 1. The zero-order chi connectivity index (χ0) is 20.4. The molecular weight excluding hydrogens is 406 g/mol. The Labute approximate surface area is 216 Å². The molecule has 0 aliphatic heterocycles. The van der Waals surface area contributed by atoms with Gasteiger partial charge in [0.05, 0.1) is 0 Å². The second kappa shape index (κ2) is 20.5. The Morgan fingerprint density at radius 3 is 1.36 bits per heavy atom. The molecule has 0 aromatic heterocycles. The Hall–Kier alpha value is 1.63. The summed E-state index contributed by atoms with van der Waals surface area (Å²) in [6.07, 6.45) is 19.0. The summed E-state index contributed by atoms with van der Waals surface area (Å²) in [6.45, 7) is 2.32. The molecule has 0 aromatic rings. The van der Waals surface area contributed by atoms with Crippen LogP contribution in [0.4, 0.5) is 0 Å². The molecule has 0 aliphatic rings. The van der Waals surface area contributed by atoms with E-state index < -0.39 is 18.6 Å². The van der Waals surface area contributed by atoms with Crippen LogP contribution in [0.2, 0.25) is 0 Å². The molecule has 0 heterocycles. The third-order valence-electron chi connectivity index (χ3n) is 4.99. The topological polar surface area (TPSA) is 110 Å². The van der Waals surface area contributed by atoms with Crippen LogP contribution in [0.15, 0.2) is 0 Å². The first kappa shape index (κ1) is 31.8. The summed E-state index contributed by atoms with van der Waals surface area (Å²) in [4.78, 5) is 17.8. The number of rotatable bonds is 20. The van der Waals surface area contributed by atoms with Gasteiger partial charge in [0.15, 0.2) is 0 Å². The normalized spacial score (nSPS) is 13.9. The molecule has 1 atom stereocenters. The summed E-state index contributed by atoms with van der Waals surface area (Å²) in [5.41, 5.74) is 1.59. The molecule has 28 heavy (non-hydrogen) atoms. The van der Waals surface area contributed by atoms with E-state index in [0.717, 1.165) is 19.3 Å². The van der Waals surface area contributed by atoms with Crippen molar-refractivity contribution in [3.63, 3.8) is 0 Å². The van der Waals surface area contributed by atoms with Crippen LogP contribution in [-0.2, 0) is 4.57 Å². The van der Waals surface area contributed by atoms with Crippen LogP contribution in [0.1, 0.15) is 111 Å². The standard InChI is InChI=1S/C19H43N2O5P.K.H/c1-2-3-4-5-6-7-8-9-10-11-12-13-14-15-16-17-18-21(23,20-22)19-27(24,25)26;;/h20,22-23H,2-19H2,1H3,(H-,24,25,26);;/q;+1;-1/p+1. The molecule has 0 saturated heterocycles. The van der Waals surface area contributed by atoms with E-state index in [0.29, 0.717) is 6.42 Å². The molecular formula is C19H45KN2O5P+. The van der Waals surface area contributed by atoms with Crippen molar-refractivity contribution >= 4 is 7.60 Å². The van der Waals surface area contributed by atoms with Crippen LogP contribution in [0.3, 0.4) is 0 Å². The molecule has 0 spiro atoms. The Morgan fingerprint density at radius 1 is 0.750 bits per heavy atom. The van der Waals surface area contributed by atoms with Crippen molar-refractivity contribution in [1.29, 1.82) is 0 Å². The molecule has 0 fully saturated rings. The smallest absolute Gasteiger partial charge is 1.00 e. The molecule has 1 unspecified atom stereocenters. The second-order valence-electron chi connectivity index (χ2n) is 7.86. The zero-order valence-corrected chi connectivity index (χ0v) is 22.3. The maximum atomic E-state index is 10.9. The molecule has 0 aliphatic carbocycles. The fraction of sp³-hybridized carbons (Fsp3) is 1.00. The molecule has 166 valence electrons. The van der Waals surface area contributed by atoms with E-state index in [1.165, 1.54) is 77.0 Å². The minimum atomic E-state index is -4.40. The summed E-state index contributed by atoms with van der Waals surface area (Å²) >= 11 is 0. The monoisotopic (exact) mass is 451 g/mol. The Morgan fingerprint density at radius 2 is 1.07 bits per heavy atom. The first-order valence-corrected chi connectivity index (χ1v) is 12.7. The van der Waals surface area contributed by atoms with E-state index in [9.17, 15) is 9.77 Å². The van der Waals surface area contributed by atoms with Gasteiger partial charge in [0.1, 0.15) is 6.54 Å². The average molecular weight is 452 g/mol. The van der Waals surface area contributed by atoms with E-state index in [2.05, 4.69) is 6.92 Å². The molecule has 0 amide bonds. The van der Waals surface area contributed by atoms with Crippen molar-refractivity contribution in [1.82, 2.24) is 5.59 Å². The Bertz CT molecular complexity index is 394. The van der Waals surface area contributed by atoms with E-state index >= 15 is 0 Å². The van der Waals surface area contributed by atoms with Gasteiger partial charge in [-0.05, 0) is 12.0 Å². The molecule has 0 aromatic carbocycles. The van der Waals surface area contributed by atoms with E-state index in [4.69, 9.17) is 15.0 Å². The van der Waals surface area contributed by atoms with Crippen molar-refractivity contribution in [2.75, 3.05) is 12.8 Å². The van der Waals surface area contributed by atoms with Gasteiger partial charge in [-0.2, -0.15) is 5.21 Å². The van der Waals surface area contributed by atoms with Gasteiger partial charge in [0, 0.05) is 6.42 Å². The fourth-order valence-corrected chi connectivity index (χ4v) is 4.19. The van der Waals surface area contributed by atoms with Gasteiger partial charge in [0.25, 0.3) is 0 Å². The predicted octanol–water partition coefficient (Wildman–Crippen LogP) is 2.60. The van der Waals surface area contributed by atoms with Gasteiger partial charge in [0.2, 0.25) is 6.29 Å². The van der Waals surface area contributed by atoms with Gasteiger partial charge < -0.3 is 11.2 Å². The SMILES string of the molecule is CCCCCCCCCCCCCCCCCC[N+](O)(CP(=O)(O)O)NO.[H-].[K+]. The molecule has 0 bridgehead atoms. The summed E-state index contributed by atoms with van der Waals surface area (Å²) in [7, 11) is -4.40. The second-order valence-corrected chi connectivity index (χ2v) is 9.47. The molecule has 5 N–H and O–H groups in total. The Kier molecular flexibility index (Phi) is 23.3. The van der Waals surface area contributed by atoms with E-state index in [-0.39, 0.29) is 59.4 Å². The number of hydrogen-bond donors (Lipinski definition) is 5. The summed E-state index contributed by atoms with van der Waals surface area (Å²) in [5, 5.41) is 18.8. The van der Waals surface area contributed by atoms with Crippen LogP contribution in [-0.4, -0.2) is 37.8 Å². The van der Waals surface area contributed by atoms with Gasteiger partial charge in [-0.25, -0.2) is 0 Å². The number of hydroxylamine groups is 2. The van der Waals surface area contributed by atoms with Gasteiger partial charge in [-0.1, -0.05) is 102 Å². The number of hydrogen-bond acceptors (Lipinski definition) is 4. The molecule has 9 heteroatoms. The quantitative estimate of drug-likeness (QED) is 0.0640. The molecule has 0 saturated carbocycles. The van der Waals surface area contributed by atoms with E-state index in [1.54, 1.807) is 5.59 Å². The van der Waals surface area contributed by atoms with Crippen LogP contribution in [0.5, 0.6) is 0 Å². The van der Waals surface area contributed by atoms with Gasteiger partial charge in [-0.3, -0.25) is 9.77 Å². The van der Waals surface area contributed by atoms with Gasteiger partial charge >= 0.3 is 59.0 Å². The van der Waals surface area contributed by atoms with Crippen LogP contribution in [0.25, 0.3) is 0 Å².